The monoisotopic (exact) mass is 344 g/mol. The quantitative estimate of drug-likeness (QED) is 0.789. The Morgan fingerprint density at radius 2 is 1.72 bits per heavy atom. The molecule has 1 heterocycles. The van der Waals surface area contributed by atoms with E-state index in [1.165, 1.54) is 16.0 Å². The van der Waals surface area contributed by atoms with Gasteiger partial charge in [-0.2, -0.15) is 0 Å². The van der Waals surface area contributed by atoms with Crippen molar-refractivity contribution < 1.29 is 24.2 Å². The summed E-state index contributed by atoms with van der Waals surface area (Å²) in [4.78, 5) is 1.35. The summed E-state index contributed by atoms with van der Waals surface area (Å²) < 4.78 is 16.4. The molecule has 1 unspecified atom stereocenters. The van der Waals surface area contributed by atoms with E-state index in [0.717, 1.165) is 36.8 Å². The second-order valence-electron chi connectivity index (χ2n) is 6.38. The SMILES string of the molecule is COc1cc2c(cc1OC)C[NH+](C[C@@H](O)COc1ccccc1)CC2. The Hall–Kier alpha value is -2.24. The number of nitrogens with one attached hydrogen (secondary N) is 1. The van der Waals surface area contributed by atoms with E-state index in [1.54, 1.807) is 14.2 Å². The van der Waals surface area contributed by atoms with Crippen LogP contribution in [0.25, 0.3) is 0 Å². The highest BCUT2D eigenvalue weighted by Crippen LogP contribution is 2.31. The van der Waals surface area contributed by atoms with Gasteiger partial charge in [-0.25, -0.2) is 0 Å². The molecule has 0 fully saturated rings. The smallest absolute Gasteiger partial charge is 0.161 e. The molecule has 2 N–H and O–H groups in total. The maximum absolute atomic E-state index is 10.3. The summed E-state index contributed by atoms with van der Waals surface area (Å²) in [5, 5.41) is 10.3. The molecule has 0 aromatic heterocycles. The highest BCUT2D eigenvalue weighted by molar-refractivity contribution is 5.47. The lowest BCUT2D eigenvalue weighted by molar-refractivity contribution is -0.918. The number of methoxy groups -OCH3 is 2. The molecule has 0 saturated carbocycles. The second-order valence-corrected chi connectivity index (χ2v) is 6.38. The number of fused-ring (bicyclic) bond motifs is 1. The van der Waals surface area contributed by atoms with Gasteiger partial charge in [0.15, 0.2) is 11.5 Å². The minimum atomic E-state index is -0.489. The molecule has 0 aliphatic carbocycles. The Morgan fingerprint density at radius 3 is 2.40 bits per heavy atom. The molecule has 1 aliphatic heterocycles. The van der Waals surface area contributed by atoms with Crippen molar-refractivity contribution in [1.82, 2.24) is 0 Å². The molecule has 0 bridgehead atoms. The lowest BCUT2D eigenvalue weighted by Gasteiger charge is -2.28. The number of rotatable bonds is 7. The first-order valence-corrected chi connectivity index (χ1v) is 8.63. The van der Waals surface area contributed by atoms with Crippen LogP contribution in [0.4, 0.5) is 0 Å². The molecule has 2 atom stereocenters. The van der Waals surface area contributed by atoms with E-state index in [-0.39, 0.29) is 0 Å². The predicted octanol–water partition coefficient (Wildman–Crippen LogP) is 1.08. The van der Waals surface area contributed by atoms with Gasteiger partial charge in [-0.1, -0.05) is 18.2 Å². The van der Waals surface area contributed by atoms with Crippen molar-refractivity contribution in [1.29, 1.82) is 0 Å². The third kappa shape index (κ3) is 4.44. The van der Waals surface area contributed by atoms with E-state index in [1.807, 2.05) is 30.3 Å². The average molecular weight is 344 g/mol. The third-order valence-electron chi connectivity index (χ3n) is 4.60. The highest BCUT2D eigenvalue weighted by atomic mass is 16.5. The van der Waals surface area contributed by atoms with Crippen molar-refractivity contribution in [2.75, 3.05) is 33.9 Å². The van der Waals surface area contributed by atoms with E-state index in [4.69, 9.17) is 14.2 Å². The van der Waals surface area contributed by atoms with Gasteiger partial charge in [0, 0.05) is 12.0 Å². The lowest BCUT2D eigenvalue weighted by Crippen LogP contribution is -3.13. The molecule has 1 aliphatic rings. The Labute approximate surface area is 148 Å². The lowest BCUT2D eigenvalue weighted by atomic mass is 9.98. The molecule has 0 spiro atoms. The van der Waals surface area contributed by atoms with Crippen LogP contribution in [-0.4, -0.2) is 45.1 Å². The van der Waals surface area contributed by atoms with Gasteiger partial charge in [0.2, 0.25) is 0 Å². The Balaban J connectivity index is 1.57. The average Bonchev–Trinajstić information content (AvgIpc) is 2.66. The fourth-order valence-electron chi connectivity index (χ4n) is 3.31. The highest BCUT2D eigenvalue weighted by Gasteiger charge is 2.24. The van der Waals surface area contributed by atoms with E-state index >= 15 is 0 Å². The van der Waals surface area contributed by atoms with E-state index in [2.05, 4.69) is 12.1 Å². The number of hydrogen-bond donors (Lipinski definition) is 2. The molecule has 5 heteroatoms. The fourth-order valence-corrected chi connectivity index (χ4v) is 3.31. The molecule has 0 radical (unpaired) electrons. The maximum atomic E-state index is 10.3. The normalized spacial score (nSPS) is 17.5. The van der Waals surface area contributed by atoms with Crippen LogP contribution in [0.5, 0.6) is 17.2 Å². The first-order chi connectivity index (χ1) is 12.2. The number of hydrogen-bond acceptors (Lipinski definition) is 4. The summed E-state index contributed by atoms with van der Waals surface area (Å²) in [6.45, 7) is 2.84. The number of aliphatic hydroxyl groups excluding tert-OH is 1. The molecule has 3 rings (SSSR count). The fraction of sp³-hybridized carbons (Fsp3) is 0.400. The summed E-state index contributed by atoms with van der Waals surface area (Å²) >= 11 is 0. The molecular weight excluding hydrogens is 318 g/mol. The van der Waals surface area contributed by atoms with Crippen molar-refractivity contribution >= 4 is 0 Å². The maximum Gasteiger partial charge on any atom is 0.161 e. The zero-order valence-electron chi connectivity index (χ0n) is 14.8. The molecule has 25 heavy (non-hydrogen) atoms. The number of ether oxygens (including phenoxy) is 3. The van der Waals surface area contributed by atoms with Gasteiger partial charge in [-0.3, -0.25) is 0 Å². The molecule has 134 valence electrons. The Kier molecular flexibility index (Phi) is 5.79. The van der Waals surface area contributed by atoms with Crippen LogP contribution in [0.1, 0.15) is 11.1 Å². The second kappa shape index (κ2) is 8.23. The van der Waals surface area contributed by atoms with Gasteiger partial charge >= 0.3 is 0 Å². The van der Waals surface area contributed by atoms with Crippen molar-refractivity contribution in [2.24, 2.45) is 0 Å². The Bertz CT molecular complexity index is 690. The third-order valence-corrected chi connectivity index (χ3v) is 4.60. The van der Waals surface area contributed by atoms with Crippen molar-refractivity contribution in [3.8, 4) is 17.2 Å². The largest absolute Gasteiger partial charge is 0.493 e. The summed E-state index contributed by atoms with van der Waals surface area (Å²) in [6, 6.07) is 13.7. The van der Waals surface area contributed by atoms with Gasteiger partial charge in [-0.15, -0.1) is 0 Å². The standard InChI is InChI=1S/C20H25NO4/c1-23-19-10-15-8-9-21(12-16(15)11-20(19)24-2)13-17(22)14-25-18-6-4-3-5-7-18/h3-7,10-11,17,22H,8-9,12-14H2,1-2H3/p+1/t17-/m1/s1. The summed E-state index contributed by atoms with van der Waals surface area (Å²) in [7, 11) is 3.32. The van der Waals surface area contributed by atoms with Crippen LogP contribution in [0.3, 0.4) is 0 Å². The molecule has 0 saturated heterocycles. The number of para-hydroxylation sites is 1. The van der Waals surface area contributed by atoms with Crippen LogP contribution in [0.15, 0.2) is 42.5 Å². The van der Waals surface area contributed by atoms with Gasteiger partial charge in [-0.05, 0) is 29.8 Å². The van der Waals surface area contributed by atoms with Crippen LogP contribution in [-0.2, 0) is 13.0 Å². The minimum absolute atomic E-state index is 0.312. The summed E-state index contributed by atoms with van der Waals surface area (Å²) in [5.41, 5.74) is 2.56. The van der Waals surface area contributed by atoms with Crippen molar-refractivity contribution in [3.63, 3.8) is 0 Å². The first kappa shape index (κ1) is 17.6. The van der Waals surface area contributed by atoms with E-state index in [9.17, 15) is 5.11 Å². The Morgan fingerprint density at radius 1 is 1.04 bits per heavy atom. The molecule has 0 amide bonds. The predicted molar refractivity (Wildman–Crippen MR) is 95.6 cm³/mol. The minimum Gasteiger partial charge on any atom is -0.493 e. The zero-order valence-corrected chi connectivity index (χ0v) is 14.8. The molecular formula is C20H26NO4+. The van der Waals surface area contributed by atoms with E-state index < -0.39 is 6.10 Å². The van der Waals surface area contributed by atoms with Gasteiger partial charge in [0.1, 0.15) is 31.5 Å². The first-order valence-electron chi connectivity index (χ1n) is 8.63. The summed E-state index contributed by atoms with van der Waals surface area (Å²) in [5.74, 6) is 2.33. The van der Waals surface area contributed by atoms with Crippen LogP contribution >= 0.6 is 0 Å². The number of aliphatic hydroxyl groups is 1. The summed E-state index contributed by atoms with van der Waals surface area (Å²) in [6.07, 6.45) is 0.481. The van der Waals surface area contributed by atoms with Gasteiger partial charge < -0.3 is 24.2 Å². The van der Waals surface area contributed by atoms with Crippen LogP contribution < -0.4 is 19.1 Å². The molecule has 5 nitrogen and oxygen atoms in total. The molecule has 2 aromatic rings. The van der Waals surface area contributed by atoms with Crippen LogP contribution in [0.2, 0.25) is 0 Å². The molecule has 2 aromatic carbocycles. The van der Waals surface area contributed by atoms with E-state index in [0.29, 0.717) is 13.2 Å². The van der Waals surface area contributed by atoms with Crippen molar-refractivity contribution in [2.45, 2.75) is 19.1 Å². The van der Waals surface area contributed by atoms with Gasteiger partial charge in [0.25, 0.3) is 0 Å². The van der Waals surface area contributed by atoms with Crippen molar-refractivity contribution in [3.05, 3.63) is 53.6 Å². The zero-order chi connectivity index (χ0) is 17.6. The van der Waals surface area contributed by atoms with Gasteiger partial charge in [0.05, 0.1) is 20.8 Å². The topological polar surface area (TPSA) is 52.4 Å². The number of benzene rings is 2. The van der Waals surface area contributed by atoms with Crippen LogP contribution in [0, 0.1) is 0 Å². The number of quaternary nitrogens is 1.